The summed E-state index contributed by atoms with van der Waals surface area (Å²) in [5.74, 6) is -0.380. The van der Waals surface area contributed by atoms with Gasteiger partial charge in [-0.25, -0.2) is 14.4 Å². The zero-order chi connectivity index (χ0) is 31.1. The molecule has 0 saturated carbocycles. The smallest absolute Gasteiger partial charge is 0.255 e. The standard InChI is InChI=1S/C32H28ClFN6O5/c33-23-10-19(2-4-24(23)34)38-30-22-11-26(28(12-25(22)36-16-37-30)45-20-7-8-44-15-20)35-13-17-1-3-21-18(9-17)14-40(32(21)43)27-5-6-29(41)39-31(27)42/h1-4,9-12,16,20,27,35H,5-8,13-15H2,(H,36,37,38)(H,39,41,42). The molecule has 230 valence electrons. The number of anilines is 3. The maximum Gasteiger partial charge on any atom is 0.255 e. The van der Waals surface area contributed by atoms with Crippen LogP contribution in [0.4, 0.5) is 21.6 Å². The van der Waals surface area contributed by atoms with Crippen LogP contribution in [0.15, 0.2) is 54.9 Å². The first-order valence-corrected chi connectivity index (χ1v) is 15.0. The van der Waals surface area contributed by atoms with E-state index in [9.17, 15) is 18.8 Å². The van der Waals surface area contributed by atoms with E-state index < -0.39 is 17.8 Å². The van der Waals surface area contributed by atoms with Crippen LogP contribution in [0.3, 0.4) is 0 Å². The maximum atomic E-state index is 13.7. The van der Waals surface area contributed by atoms with E-state index in [-0.39, 0.29) is 29.4 Å². The summed E-state index contributed by atoms with van der Waals surface area (Å²) in [7, 11) is 0. The highest BCUT2D eigenvalue weighted by Gasteiger charge is 2.39. The van der Waals surface area contributed by atoms with E-state index in [0.29, 0.717) is 72.1 Å². The minimum atomic E-state index is -0.669. The Balaban J connectivity index is 1.15. The van der Waals surface area contributed by atoms with E-state index >= 15 is 0 Å². The Hall–Kier alpha value is -4.81. The molecule has 0 bridgehead atoms. The number of nitrogens with zero attached hydrogens (tertiary/aromatic N) is 3. The normalized spacial score (nSPS) is 19.5. The van der Waals surface area contributed by atoms with E-state index in [1.54, 1.807) is 12.1 Å². The molecule has 4 aromatic rings. The molecule has 0 aliphatic carbocycles. The second kappa shape index (κ2) is 11.9. The zero-order valence-corrected chi connectivity index (χ0v) is 24.7. The Morgan fingerprint density at radius 3 is 2.78 bits per heavy atom. The lowest BCUT2D eigenvalue weighted by Crippen LogP contribution is -2.52. The SMILES string of the molecule is O=C1CCC(N2Cc3cc(CNc4cc5c(Nc6ccc(F)c(Cl)c6)ncnc5cc4OC4CCOC4)ccc3C2=O)C(=O)N1. The molecule has 1 aromatic heterocycles. The number of hydrogen-bond acceptors (Lipinski definition) is 9. The summed E-state index contributed by atoms with van der Waals surface area (Å²) in [4.78, 5) is 47.5. The molecule has 3 amide bonds. The molecule has 13 heteroatoms. The Bertz CT molecular complexity index is 1850. The van der Waals surface area contributed by atoms with Crippen molar-refractivity contribution in [1.29, 1.82) is 0 Å². The number of fused-ring (bicyclic) bond motifs is 2. The highest BCUT2D eigenvalue weighted by Crippen LogP contribution is 2.36. The zero-order valence-electron chi connectivity index (χ0n) is 23.9. The van der Waals surface area contributed by atoms with Gasteiger partial charge in [0.25, 0.3) is 5.91 Å². The lowest BCUT2D eigenvalue weighted by molar-refractivity contribution is -0.136. The van der Waals surface area contributed by atoms with Gasteiger partial charge < -0.3 is 25.0 Å². The number of halogens is 2. The van der Waals surface area contributed by atoms with E-state index in [2.05, 4.69) is 25.9 Å². The fourth-order valence-electron chi connectivity index (χ4n) is 5.85. The quantitative estimate of drug-likeness (QED) is 0.237. The predicted molar refractivity (Wildman–Crippen MR) is 164 cm³/mol. The van der Waals surface area contributed by atoms with Crippen molar-refractivity contribution in [1.82, 2.24) is 20.2 Å². The molecular weight excluding hydrogens is 603 g/mol. The number of nitrogens with one attached hydrogen (secondary N) is 3. The summed E-state index contributed by atoms with van der Waals surface area (Å²) in [5.41, 5.74) is 4.20. The molecule has 2 atom stereocenters. The second-order valence-corrected chi connectivity index (χ2v) is 11.6. The number of rotatable bonds is 8. The first-order chi connectivity index (χ1) is 21.8. The van der Waals surface area contributed by atoms with Gasteiger partial charge in [-0.1, -0.05) is 23.7 Å². The average molecular weight is 631 g/mol. The lowest BCUT2D eigenvalue weighted by Gasteiger charge is -2.29. The largest absolute Gasteiger partial charge is 0.486 e. The van der Waals surface area contributed by atoms with Crippen LogP contribution in [0.5, 0.6) is 5.75 Å². The third kappa shape index (κ3) is 5.86. The molecule has 0 radical (unpaired) electrons. The van der Waals surface area contributed by atoms with Gasteiger partial charge >= 0.3 is 0 Å². The summed E-state index contributed by atoms with van der Waals surface area (Å²) >= 11 is 5.99. The van der Waals surface area contributed by atoms with E-state index in [1.807, 2.05) is 24.3 Å². The van der Waals surface area contributed by atoms with E-state index in [0.717, 1.165) is 17.5 Å². The molecule has 7 rings (SSSR count). The van der Waals surface area contributed by atoms with E-state index in [4.69, 9.17) is 21.1 Å². The number of imide groups is 1. The van der Waals surface area contributed by atoms with Crippen molar-refractivity contribution in [2.75, 3.05) is 23.8 Å². The van der Waals surface area contributed by atoms with Crippen LogP contribution in [0, 0.1) is 5.82 Å². The summed E-state index contributed by atoms with van der Waals surface area (Å²) < 4.78 is 25.6. The summed E-state index contributed by atoms with van der Waals surface area (Å²) in [6.07, 6.45) is 2.61. The lowest BCUT2D eigenvalue weighted by atomic mass is 10.0. The molecule has 4 heterocycles. The molecule has 2 saturated heterocycles. The van der Waals surface area contributed by atoms with Crippen LogP contribution < -0.4 is 20.7 Å². The molecule has 2 unspecified atom stereocenters. The fraction of sp³-hybridized carbons (Fsp3) is 0.281. The molecule has 11 nitrogen and oxygen atoms in total. The number of amides is 3. The van der Waals surface area contributed by atoms with Gasteiger partial charge in [-0.05, 0) is 47.9 Å². The number of hydrogen-bond donors (Lipinski definition) is 3. The fourth-order valence-corrected chi connectivity index (χ4v) is 6.03. The van der Waals surface area contributed by atoms with Crippen LogP contribution in [0.2, 0.25) is 5.02 Å². The Morgan fingerprint density at radius 2 is 1.98 bits per heavy atom. The van der Waals surface area contributed by atoms with Crippen molar-refractivity contribution in [3.05, 3.63) is 82.4 Å². The molecule has 3 aliphatic rings. The molecule has 2 fully saturated rings. The summed E-state index contributed by atoms with van der Waals surface area (Å²) in [5, 5.41) is 9.70. The Kier molecular flexibility index (Phi) is 7.68. The predicted octanol–water partition coefficient (Wildman–Crippen LogP) is 4.71. The molecule has 3 aliphatic heterocycles. The highest BCUT2D eigenvalue weighted by atomic mass is 35.5. The monoisotopic (exact) mass is 630 g/mol. The van der Waals surface area contributed by atoms with Crippen molar-refractivity contribution >= 4 is 57.4 Å². The topological polar surface area (TPSA) is 135 Å². The van der Waals surface area contributed by atoms with Gasteiger partial charge in [0.05, 0.1) is 29.4 Å². The van der Waals surface area contributed by atoms with Crippen LogP contribution in [-0.4, -0.2) is 57.9 Å². The van der Waals surface area contributed by atoms with Crippen molar-refractivity contribution < 1.29 is 28.2 Å². The highest BCUT2D eigenvalue weighted by molar-refractivity contribution is 6.31. The third-order valence-electron chi connectivity index (χ3n) is 8.17. The van der Waals surface area contributed by atoms with Crippen molar-refractivity contribution in [3.8, 4) is 5.75 Å². The number of piperidine rings is 1. The molecular formula is C32H28ClFN6O5. The minimum absolute atomic E-state index is 0.00791. The Labute approximate surface area is 262 Å². The third-order valence-corrected chi connectivity index (χ3v) is 8.46. The van der Waals surface area contributed by atoms with Crippen molar-refractivity contribution in [3.63, 3.8) is 0 Å². The number of benzene rings is 3. The van der Waals surface area contributed by atoms with Crippen LogP contribution in [-0.2, 0) is 27.4 Å². The summed E-state index contributed by atoms with van der Waals surface area (Å²) in [6, 6.07) is 13.0. The van der Waals surface area contributed by atoms with Crippen LogP contribution in [0.1, 0.15) is 40.7 Å². The average Bonchev–Trinajstić information content (AvgIpc) is 3.65. The van der Waals surface area contributed by atoms with Gasteiger partial charge in [0.1, 0.15) is 35.9 Å². The number of carbonyl (C=O) groups excluding carboxylic acids is 3. The van der Waals surface area contributed by atoms with E-state index in [1.165, 1.54) is 23.4 Å². The minimum Gasteiger partial charge on any atom is -0.486 e. The first-order valence-electron chi connectivity index (χ1n) is 14.6. The second-order valence-electron chi connectivity index (χ2n) is 11.2. The summed E-state index contributed by atoms with van der Waals surface area (Å²) in [6.45, 7) is 1.82. The van der Waals surface area contributed by atoms with Gasteiger partial charge in [-0.2, -0.15) is 0 Å². The van der Waals surface area contributed by atoms with Gasteiger partial charge in [0.2, 0.25) is 11.8 Å². The number of aromatic nitrogens is 2. The number of ether oxygens (including phenoxy) is 2. The van der Waals surface area contributed by atoms with Gasteiger partial charge in [-0.15, -0.1) is 0 Å². The number of carbonyl (C=O) groups is 3. The van der Waals surface area contributed by atoms with Gasteiger partial charge in [-0.3, -0.25) is 19.7 Å². The van der Waals surface area contributed by atoms with Crippen molar-refractivity contribution in [2.24, 2.45) is 0 Å². The molecule has 3 N–H and O–H groups in total. The molecule has 0 spiro atoms. The maximum absolute atomic E-state index is 13.7. The van der Waals surface area contributed by atoms with Crippen molar-refractivity contribution in [2.45, 2.75) is 44.5 Å². The van der Waals surface area contributed by atoms with Gasteiger partial charge in [0.15, 0.2) is 0 Å². The van der Waals surface area contributed by atoms with Gasteiger partial charge in [0, 0.05) is 48.6 Å². The molecule has 3 aromatic carbocycles. The van der Waals surface area contributed by atoms with Crippen LogP contribution in [0.25, 0.3) is 10.9 Å². The first kappa shape index (κ1) is 28.9. The van der Waals surface area contributed by atoms with Crippen LogP contribution >= 0.6 is 11.6 Å². The Morgan fingerprint density at radius 1 is 1.09 bits per heavy atom. The molecule has 45 heavy (non-hydrogen) atoms.